The Morgan fingerprint density at radius 1 is 0.844 bits per heavy atom. The number of nitrogens with one attached hydrogen (secondary N) is 1. The highest BCUT2D eigenvalue weighted by atomic mass is 16.5. The number of rotatable bonds is 9. The van der Waals surface area contributed by atoms with Gasteiger partial charge < -0.3 is 19.4 Å². The van der Waals surface area contributed by atoms with E-state index in [1.165, 1.54) is 0 Å². The van der Waals surface area contributed by atoms with Crippen molar-refractivity contribution in [2.45, 2.75) is 19.8 Å². The summed E-state index contributed by atoms with van der Waals surface area (Å²) < 4.78 is 13.4. The molecule has 0 bridgehead atoms. The van der Waals surface area contributed by atoms with Gasteiger partial charge in [0.25, 0.3) is 5.91 Å². The lowest BCUT2D eigenvalue weighted by Crippen LogP contribution is -2.22. The third-order valence-electron chi connectivity index (χ3n) is 5.03. The van der Waals surface area contributed by atoms with Crippen molar-refractivity contribution < 1.29 is 14.3 Å². The van der Waals surface area contributed by atoms with Gasteiger partial charge in [0.2, 0.25) is 0 Å². The van der Waals surface area contributed by atoms with E-state index in [4.69, 9.17) is 9.47 Å². The first-order chi connectivity index (χ1) is 15.7. The Labute approximate surface area is 187 Å². The molecule has 0 radical (unpaired) electrons. The van der Waals surface area contributed by atoms with Crippen LogP contribution in [0.2, 0.25) is 0 Å². The quantitative estimate of drug-likeness (QED) is 0.427. The van der Waals surface area contributed by atoms with Gasteiger partial charge in [0.05, 0.1) is 0 Å². The fourth-order valence-electron chi connectivity index (χ4n) is 3.11. The van der Waals surface area contributed by atoms with Gasteiger partial charge in [-0.05, 0) is 47.5 Å². The van der Waals surface area contributed by atoms with Gasteiger partial charge in [-0.2, -0.15) is 0 Å². The fourth-order valence-corrected chi connectivity index (χ4v) is 3.11. The Bertz CT molecular complexity index is 1140. The highest BCUT2D eigenvalue weighted by Gasteiger charge is 2.07. The molecule has 0 aliphatic rings. The van der Waals surface area contributed by atoms with Gasteiger partial charge >= 0.3 is 0 Å². The minimum atomic E-state index is -0.134. The highest BCUT2D eigenvalue weighted by Crippen LogP contribution is 2.16. The molecule has 1 heterocycles. The molecule has 6 heteroatoms. The molecule has 0 spiro atoms. The van der Waals surface area contributed by atoms with E-state index in [2.05, 4.69) is 10.3 Å². The second kappa shape index (κ2) is 10.3. The summed E-state index contributed by atoms with van der Waals surface area (Å²) in [5.74, 6) is 2.19. The Kier molecular flexibility index (Phi) is 6.82. The molecular formula is C26H25N3O3. The molecule has 32 heavy (non-hydrogen) atoms. The monoisotopic (exact) mass is 427 g/mol. The first kappa shape index (κ1) is 21.2. The summed E-state index contributed by atoms with van der Waals surface area (Å²) in [4.78, 5) is 16.7. The maximum atomic E-state index is 12.5. The smallest absolute Gasteiger partial charge is 0.251 e. The molecule has 1 amide bonds. The Hall–Kier alpha value is -4.06. The van der Waals surface area contributed by atoms with Crippen LogP contribution in [0.3, 0.4) is 0 Å². The molecule has 4 rings (SSSR count). The number of hydrogen-bond acceptors (Lipinski definition) is 4. The number of hydrogen-bond donors (Lipinski definition) is 1. The van der Waals surface area contributed by atoms with Gasteiger partial charge in [-0.3, -0.25) is 4.79 Å². The Balaban J connectivity index is 1.23. The summed E-state index contributed by atoms with van der Waals surface area (Å²) in [5.41, 5.74) is 2.70. The van der Waals surface area contributed by atoms with Gasteiger partial charge in [0.1, 0.15) is 30.5 Å². The van der Waals surface area contributed by atoms with Crippen molar-refractivity contribution in [1.29, 1.82) is 0 Å². The van der Waals surface area contributed by atoms with E-state index in [9.17, 15) is 4.79 Å². The second-order valence-electron chi connectivity index (χ2n) is 7.37. The van der Waals surface area contributed by atoms with Crippen LogP contribution in [0.15, 0.2) is 91.3 Å². The largest absolute Gasteiger partial charge is 0.489 e. The molecule has 0 aliphatic heterocycles. The molecule has 4 aromatic rings. The van der Waals surface area contributed by atoms with E-state index in [1.54, 1.807) is 30.5 Å². The van der Waals surface area contributed by atoms with Crippen LogP contribution >= 0.6 is 0 Å². The van der Waals surface area contributed by atoms with Crippen LogP contribution in [0.5, 0.6) is 11.5 Å². The Morgan fingerprint density at radius 2 is 1.50 bits per heavy atom. The van der Waals surface area contributed by atoms with Gasteiger partial charge in [-0.1, -0.05) is 42.5 Å². The third kappa shape index (κ3) is 5.76. The van der Waals surface area contributed by atoms with Crippen LogP contribution < -0.4 is 14.8 Å². The van der Waals surface area contributed by atoms with E-state index in [-0.39, 0.29) is 5.91 Å². The predicted molar refractivity (Wildman–Crippen MR) is 122 cm³/mol. The van der Waals surface area contributed by atoms with Gasteiger partial charge in [-0.25, -0.2) is 4.98 Å². The standard InChI is InChI=1S/C26H25N3O3/c1-29-16-15-27-25(29)19-32-24-13-9-22(10-14-24)26(30)28-17-20-7-11-23(12-8-20)31-18-21-5-3-2-4-6-21/h2-16H,17-19H2,1H3,(H,28,30). The minimum absolute atomic E-state index is 0.134. The molecular weight excluding hydrogens is 402 g/mol. The van der Waals surface area contributed by atoms with E-state index in [0.29, 0.717) is 31.1 Å². The lowest BCUT2D eigenvalue weighted by atomic mass is 10.2. The summed E-state index contributed by atoms with van der Waals surface area (Å²) in [6, 6.07) is 24.9. The van der Waals surface area contributed by atoms with Crippen molar-refractivity contribution in [3.05, 3.63) is 114 Å². The molecule has 0 aliphatic carbocycles. The van der Waals surface area contributed by atoms with E-state index in [0.717, 1.165) is 22.7 Å². The normalized spacial score (nSPS) is 10.5. The van der Waals surface area contributed by atoms with Crippen LogP contribution in [0.25, 0.3) is 0 Å². The van der Waals surface area contributed by atoms with Crippen molar-refractivity contribution in [2.24, 2.45) is 7.05 Å². The van der Waals surface area contributed by atoms with Crippen LogP contribution in [0, 0.1) is 0 Å². The molecule has 1 N–H and O–H groups in total. The fraction of sp³-hybridized carbons (Fsp3) is 0.154. The minimum Gasteiger partial charge on any atom is -0.489 e. The summed E-state index contributed by atoms with van der Waals surface area (Å²) in [6.07, 6.45) is 3.61. The van der Waals surface area contributed by atoms with Gasteiger partial charge in [0.15, 0.2) is 0 Å². The average molecular weight is 428 g/mol. The first-order valence-electron chi connectivity index (χ1n) is 10.4. The number of benzene rings is 3. The zero-order chi connectivity index (χ0) is 22.2. The van der Waals surface area contributed by atoms with E-state index < -0.39 is 0 Å². The van der Waals surface area contributed by atoms with Gasteiger partial charge in [-0.15, -0.1) is 0 Å². The van der Waals surface area contributed by atoms with Crippen LogP contribution in [0.4, 0.5) is 0 Å². The number of ether oxygens (including phenoxy) is 2. The SMILES string of the molecule is Cn1ccnc1COc1ccc(C(=O)NCc2ccc(OCc3ccccc3)cc2)cc1. The second-order valence-corrected chi connectivity index (χ2v) is 7.37. The molecule has 3 aromatic carbocycles. The van der Waals surface area contributed by atoms with Crippen LogP contribution in [-0.2, 0) is 26.8 Å². The molecule has 162 valence electrons. The average Bonchev–Trinajstić information content (AvgIpc) is 3.26. The molecule has 1 aromatic heterocycles. The van der Waals surface area contributed by atoms with Crippen molar-refractivity contribution in [3.63, 3.8) is 0 Å². The molecule has 0 saturated heterocycles. The lowest BCUT2D eigenvalue weighted by molar-refractivity contribution is 0.0951. The summed E-state index contributed by atoms with van der Waals surface area (Å²) >= 11 is 0. The highest BCUT2D eigenvalue weighted by molar-refractivity contribution is 5.94. The third-order valence-corrected chi connectivity index (χ3v) is 5.03. The Morgan fingerprint density at radius 3 is 2.16 bits per heavy atom. The van der Waals surface area contributed by atoms with Crippen molar-refractivity contribution in [1.82, 2.24) is 14.9 Å². The maximum absolute atomic E-state index is 12.5. The summed E-state index contributed by atoms with van der Waals surface area (Å²) in [5, 5.41) is 2.94. The predicted octanol–water partition coefficient (Wildman–Crippen LogP) is 4.51. The number of imidazole rings is 1. The number of carbonyl (C=O) groups is 1. The summed E-state index contributed by atoms with van der Waals surface area (Å²) in [7, 11) is 1.92. The zero-order valence-electron chi connectivity index (χ0n) is 17.9. The molecule has 6 nitrogen and oxygen atoms in total. The molecule has 0 saturated carbocycles. The number of amides is 1. The molecule has 0 fully saturated rings. The molecule has 0 unspecified atom stereocenters. The van der Waals surface area contributed by atoms with Crippen molar-refractivity contribution in [2.75, 3.05) is 0 Å². The van der Waals surface area contributed by atoms with E-state index in [1.807, 2.05) is 72.4 Å². The number of aryl methyl sites for hydroxylation is 1. The van der Waals surface area contributed by atoms with Crippen molar-refractivity contribution >= 4 is 5.91 Å². The lowest BCUT2D eigenvalue weighted by Gasteiger charge is -2.09. The molecule has 0 atom stereocenters. The first-order valence-corrected chi connectivity index (χ1v) is 10.4. The van der Waals surface area contributed by atoms with Crippen LogP contribution in [-0.4, -0.2) is 15.5 Å². The summed E-state index contributed by atoms with van der Waals surface area (Å²) in [6.45, 7) is 1.34. The number of carbonyl (C=O) groups excluding carboxylic acids is 1. The number of nitrogens with zero attached hydrogens (tertiary/aromatic N) is 2. The number of aromatic nitrogens is 2. The van der Waals surface area contributed by atoms with Gasteiger partial charge in [0, 0.05) is 31.5 Å². The van der Waals surface area contributed by atoms with E-state index >= 15 is 0 Å². The zero-order valence-corrected chi connectivity index (χ0v) is 17.9. The van der Waals surface area contributed by atoms with Crippen molar-refractivity contribution in [3.8, 4) is 11.5 Å². The topological polar surface area (TPSA) is 65.4 Å². The van der Waals surface area contributed by atoms with Crippen LogP contribution in [0.1, 0.15) is 27.3 Å². The maximum Gasteiger partial charge on any atom is 0.251 e.